The third-order valence-electron chi connectivity index (χ3n) is 2.88. The van der Waals surface area contributed by atoms with Crippen molar-refractivity contribution in [3.63, 3.8) is 0 Å². The fraction of sp³-hybridized carbons (Fsp3) is 0.133. The van der Waals surface area contributed by atoms with Crippen molar-refractivity contribution in [3.8, 4) is 16.3 Å². The van der Waals surface area contributed by atoms with Crippen molar-refractivity contribution in [2.75, 3.05) is 5.32 Å². The number of nitrogens with zero attached hydrogens (tertiary/aromatic N) is 1. The molecule has 0 spiro atoms. The minimum atomic E-state index is -4.67. The number of hydrogen-bond acceptors (Lipinski definition) is 5. The van der Waals surface area contributed by atoms with Crippen molar-refractivity contribution in [2.24, 2.45) is 0 Å². The zero-order chi connectivity index (χ0) is 16.3. The van der Waals surface area contributed by atoms with Crippen molar-refractivity contribution in [1.82, 2.24) is 4.98 Å². The molecule has 0 unspecified atom stereocenters. The fourth-order valence-electron chi connectivity index (χ4n) is 1.87. The van der Waals surface area contributed by atoms with E-state index < -0.39 is 6.36 Å². The van der Waals surface area contributed by atoms with Crippen LogP contribution in [0.2, 0.25) is 0 Å². The lowest BCUT2D eigenvalue weighted by molar-refractivity contribution is -0.274. The third kappa shape index (κ3) is 4.46. The summed E-state index contributed by atoms with van der Waals surface area (Å²) in [5.74, 6) is -0.239. The first-order valence-corrected chi connectivity index (χ1v) is 8.38. The fourth-order valence-corrected chi connectivity index (χ4v) is 3.41. The van der Waals surface area contributed by atoms with Crippen LogP contribution in [-0.4, -0.2) is 11.3 Å². The van der Waals surface area contributed by atoms with E-state index in [9.17, 15) is 13.2 Å². The standard InChI is InChI=1S/C15H11F3N2OS2/c16-15(17,18)21-13-3-1-11(2-4-13)19-7-12-9-23-14(20-12)10-5-6-22-8-10/h1-6,8-9,19H,7H2. The quantitative estimate of drug-likeness (QED) is 0.666. The van der Waals surface area contributed by atoms with Crippen molar-refractivity contribution in [2.45, 2.75) is 12.9 Å². The maximum absolute atomic E-state index is 12.1. The number of aromatic nitrogens is 1. The molecule has 0 saturated carbocycles. The topological polar surface area (TPSA) is 34.1 Å². The SMILES string of the molecule is FC(F)(F)Oc1ccc(NCc2csc(-c3ccsc3)n2)cc1. The molecule has 0 radical (unpaired) electrons. The number of benzene rings is 1. The van der Waals surface area contributed by atoms with Crippen LogP contribution >= 0.6 is 22.7 Å². The Morgan fingerprint density at radius 1 is 1.09 bits per heavy atom. The van der Waals surface area contributed by atoms with Crippen LogP contribution in [0.5, 0.6) is 5.75 Å². The molecule has 1 N–H and O–H groups in total. The first kappa shape index (κ1) is 15.8. The predicted octanol–water partition coefficient (Wildman–Crippen LogP) is 5.38. The van der Waals surface area contributed by atoms with E-state index in [2.05, 4.69) is 15.0 Å². The van der Waals surface area contributed by atoms with Gasteiger partial charge in [-0.2, -0.15) is 11.3 Å². The van der Waals surface area contributed by atoms with Crippen LogP contribution in [0, 0.1) is 0 Å². The lowest BCUT2D eigenvalue weighted by atomic mass is 10.3. The van der Waals surface area contributed by atoms with E-state index in [0.29, 0.717) is 12.2 Å². The highest BCUT2D eigenvalue weighted by molar-refractivity contribution is 7.14. The molecule has 23 heavy (non-hydrogen) atoms. The summed E-state index contributed by atoms with van der Waals surface area (Å²) in [4.78, 5) is 4.52. The Hall–Kier alpha value is -2.06. The van der Waals surface area contributed by atoms with E-state index in [1.165, 1.54) is 24.3 Å². The summed E-state index contributed by atoms with van der Waals surface area (Å²) in [6.07, 6.45) is -4.67. The van der Waals surface area contributed by atoms with Gasteiger partial charge in [-0.3, -0.25) is 0 Å². The van der Waals surface area contributed by atoms with Gasteiger partial charge in [-0.25, -0.2) is 4.98 Å². The van der Waals surface area contributed by atoms with Gasteiger partial charge in [-0.15, -0.1) is 24.5 Å². The molecule has 0 amide bonds. The molecule has 2 heterocycles. The van der Waals surface area contributed by atoms with E-state index in [4.69, 9.17) is 0 Å². The van der Waals surface area contributed by atoms with Gasteiger partial charge < -0.3 is 10.1 Å². The second kappa shape index (κ2) is 6.59. The maximum atomic E-state index is 12.1. The van der Waals surface area contributed by atoms with Crippen molar-refractivity contribution in [1.29, 1.82) is 0 Å². The Bertz CT molecular complexity index is 752. The number of rotatable bonds is 5. The monoisotopic (exact) mass is 356 g/mol. The van der Waals surface area contributed by atoms with Crippen LogP contribution in [-0.2, 0) is 6.54 Å². The zero-order valence-electron chi connectivity index (χ0n) is 11.6. The predicted molar refractivity (Wildman–Crippen MR) is 85.9 cm³/mol. The molecule has 3 nitrogen and oxygen atoms in total. The van der Waals surface area contributed by atoms with Gasteiger partial charge in [0.1, 0.15) is 10.8 Å². The van der Waals surface area contributed by atoms with Gasteiger partial charge in [-0.1, -0.05) is 0 Å². The molecule has 1 aromatic carbocycles. The number of halogens is 3. The van der Waals surface area contributed by atoms with Gasteiger partial charge in [-0.05, 0) is 35.7 Å². The molecule has 0 aliphatic heterocycles. The van der Waals surface area contributed by atoms with Gasteiger partial charge in [0, 0.05) is 22.0 Å². The number of anilines is 1. The van der Waals surface area contributed by atoms with Gasteiger partial charge >= 0.3 is 6.36 Å². The summed E-state index contributed by atoms with van der Waals surface area (Å²) in [6.45, 7) is 0.500. The molecule has 0 aliphatic rings. The van der Waals surface area contributed by atoms with Crippen molar-refractivity contribution < 1.29 is 17.9 Å². The van der Waals surface area contributed by atoms with Crippen LogP contribution in [0.4, 0.5) is 18.9 Å². The number of hydrogen-bond donors (Lipinski definition) is 1. The van der Waals surface area contributed by atoms with Gasteiger partial charge in [0.2, 0.25) is 0 Å². The minimum absolute atomic E-state index is 0.239. The van der Waals surface area contributed by atoms with E-state index >= 15 is 0 Å². The summed E-state index contributed by atoms with van der Waals surface area (Å²) in [6, 6.07) is 7.63. The molecule has 3 rings (SSSR count). The van der Waals surface area contributed by atoms with Gasteiger partial charge in [0.15, 0.2) is 0 Å². The van der Waals surface area contributed by atoms with Crippen LogP contribution in [0.15, 0.2) is 46.5 Å². The molecule has 8 heteroatoms. The zero-order valence-corrected chi connectivity index (χ0v) is 13.3. The molecule has 0 bridgehead atoms. The Kier molecular flexibility index (Phi) is 4.53. The Balaban J connectivity index is 1.58. The average molecular weight is 356 g/mol. The summed E-state index contributed by atoms with van der Waals surface area (Å²) in [5, 5.41) is 10.1. The largest absolute Gasteiger partial charge is 0.573 e. The normalized spacial score (nSPS) is 11.4. The lowest BCUT2D eigenvalue weighted by Crippen LogP contribution is -2.17. The second-order valence-corrected chi connectivity index (χ2v) is 6.22. The van der Waals surface area contributed by atoms with E-state index in [1.54, 1.807) is 22.7 Å². The Morgan fingerprint density at radius 3 is 2.52 bits per heavy atom. The highest BCUT2D eigenvalue weighted by atomic mass is 32.1. The molecule has 0 atom stereocenters. The number of thiazole rings is 1. The lowest BCUT2D eigenvalue weighted by Gasteiger charge is -2.09. The van der Waals surface area contributed by atoms with Crippen LogP contribution in [0.3, 0.4) is 0 Å². The molecule has 0 saturated heterocycles. The van der Waals surface area contributed by atoms with Crippen LogP contribution < -0.4 is 10.1 Å². The molecular formula is C15H11F3N2OS2. The molecule has 0 aliphatic carbocycles. The molecular weight excluding hydrogens is 345 g/mol. The number of alkyl halides is 3. The summed E-state index contributed by atoms with van der Waals surface area (Å²) in [7, 11) is 0. The second-order valence-electron chi connectivity index (χ2n) is 4.58. The summed E-state index contributed by atoms with van der Waals surface area (Å²) in [5.41, 5.74) is 2.68. The van der Waals surface area contributed by atoms with Crippen LogP contribution in [0.1, 0.15) is 5.69 Å². The van der Waals surface area contributed by atoms with Gasteiger partial charge in [0.05, 0.1) is 12.2 Å². The van der Waals surface area contributed by atoms with Gasteiger partial charge in [0.25, 0.3) is 0 Å². The summed E-state index contributed by atoms with van der Waals surface area (Å²) >= 11 is 3.18. The minimum Gasteiger partial charge on any atom is -0.406 e. The third-order valence-corrected chi connectivity index (χ3v) is 4.50. The number of thiophene rings is 1. The molecule has 2 aromatic heterocycles. The van der Waals surface area contributed by atoms with Crippen molar-refractivity contribution >= 4 is 28.4 Å². The Morgan fingerprint density at radius 2 is 1.87 bits per heavy atom. The van der Waals surface area contributed by atoms with Crippen LogP contribution in [0.25, 0.3) is 10.6 Å². The molecule has 120 valence electrons. The smallest absolute Gasteiger partial charge is 0.406 e. The summed E-state index contributed by atoms with van der Waals surface area (Å²) < 4.78 is 40.1. The van der Waals surface area contributed by atoms with E-state index in [1.807, 2.05) is 22.2 Å². The maximum Gasteiger partial charge on any atom is 0.573 e. The average Bonchev–Trinajstić information content (AvgIpc) is 3.16. The number of ether oxygens (including phenoxy) is 1. The number of nitrogens with one attached hydrogen (secondary N) is 1. The highest BCUT2D eigenvalue weighted by Crippen LogP contribution is 2.27. The van der Waals surface area contributed by atoms with E-state index in [0.717, 1.165) is 16.3 Å². The first-order valence-electron chi connectivity index (χ1n) is 6.56. The first-order chi connectivity index (χ1) is 11.0. The highest BCUT2D eigenvalue weighted by Gasteiger charge is 2.30. The van der Waals surface area contributed by atoms with Crippen molar-refractivity contribution in [3.05, 3.63) is 52.2 Å². The molecule has 3 aromatic rings. The van der Waals surface area contributed by atoms with E-state index in [-0.39, 0.29) is 5.75 Å². The molecule has 0 fully saturated rings. The Labute approximate surface area is 138 Å².